The number of hydrogen-bond acceptors (Lipinski definition) is 4. The Morgan fingerprint density at radius 3 is 2.24 bits per heavy atom. The third-order valence-electron chi connectivity index (χ3n) is 2.51. The monoisotopic (exact) mass is 305 g/mol. The fourth-order valence-electron chi connectivity index (χ4n) is 1.52. The summed E-state index contributed by atoms with van der Waals surface area (Å²) in [5, 5.41) is 19.6. The number of carbonyl (C=O) groups is 3. The van der Waals surface area contributed by atoms with Gasteiger partial charge >= 0.3 is 18.1 Å². The molecule has 0 aromatic heterocycles. The second-order valence-electron chi connectivity index (χ2n) is 4.08. The highest BCUT2D eigenvalue weighted by Gasteiger charge is 2.41. The summed E-state index contributed by atoms with van der Waals surface area (Å²) in [7, 11) is 0. The van der Waals surface area contributed by atoms with E-state index in [4.69, 9.17) is 5.11 Å². The number of halogens is 3. The maximum Gasteiger partial charge on any atom is 0.471 e. The number of phenolic OH excluding ortho intramolecular Hbond substituents is 1. The van der Waals surface area contributed by atoms with Crippen molar-refractivity contribution in [2.75, 3.05) is 0 Å². The first-order valence-electron chi connectivity index (χ1n) is 5.48. The number of rotatable bonds is 4. The van der Waals surface area contributed by atoms with E-state index in [0.29, 0.717) is 0 Å². The number of carboxylic acid groups (broad SMARTS) is 1. The number of ketones is 1. The summed E-state index contributed by atoms with van der Waals surface area (Å²) in [6.45, 7) is 1.09. The van der Waals surface area contributed by atoms with Crippen LogP contribution in [0.5, 0.6) is 5.75 Å². The van der Waals surface area contributed by atoms with Gasteiger partial charge in [-0.25, -0.2) is 4.79 Å². The number of aliphatic carboxylic acids is 1. The van der Waals surface area contributed by atoms with Crippen LogP contribution in [0, 0.1) is 0 Å². The number of alkyl halides is 3. The molecule has 1 rings (SSSR count). The second kappa shape index (κ2) is 5.81. The zero-order chi connectivity index (χ0) is 16.4. The molecule has 0 aliphatic heterocycles. The molecule has 1 atom stereocenters. The number of benzene rings is 1. The number of amides is 1. The van der Waals surface area contributed by atoms with Crippen molar-refractivity contribution in [3.63, 3.8) is 0 Å². The molecule has 0 aliphatic carbocycles. The van der Waals surface area contributed by atoms with Gasteiger partial charge in [0.15, 0.2) is 11.8 Å². The summed E-state index contributed by atoms with van der Waals surface area (Å²) in [5.74, 6) is -5.22. The Labute approximate surface area is 116 Å². The van der Waals surface area contributed by atoms with Gasteiger partial charge in [0, 0.05) is 0 Å². The number of hydrogen-bond donors (Lipinski definition) is 3. The lowest BCUT2D eigenvalue weighted by atomic mass is 10.0. The summed E-state index contributed by atoms with van der Waals surface area (Å²) in [6.07, 6.45) is -5.24. The summed E-state index contributed by atoms with van der Waals surface area (Å²) < 4.78 is 36.5. The van der Waals surface area contributed by atoms with Crippen molar-refractivity contribution in [1.82, 2.24) is 5.32 Å². The normalized spacial score (nSPS) is 12.6. The molecular weight excluding hydrogens is 295 g/mol. The highest BCUT2D eigenvalue weighted by molar-refractivity contribution is 5.97. The first-order chi connectivity index (χ1) is 9.54. The fraction of sp³-hybridized carbons (Fsp3) is 0.250. The first kappa shape index (κ1) is 16.5. The van der Waals surface area contributed by atoms with Gasteiger partial charge in [-0.05, 0) is 24.6 Å². The Balaban J connectivity index is 3.19. The molecule has 0 saturated heterocycles. The molecule has 9 heteroatoms. The highest BCUT2D eigenvalue weighted by atomic mass is 19.4. The van der Waals surface area contributed by atoms with Crippen molar-refractivity contribution < 1.29 is 37.8 Å². The van der Waals surface area contributed by atoms with Crippen molar-refractivity contribution in [2.24, 2.45) is 0 Å². The molecule has 1 aromatic rings. The van der Waals surface area contributed by atoms with E-state index >= 15 is 0 Å². The topological polar surface area (TPSA) is 104 Å². The zero-order valence-electron chi connectivity index (χ0n) is 10.6. The largest absolute Gasteiger partial charge is 0.507 e. The van der Waals surface area contributed by atoms with Gasteiger partial charge in [0.1, 0.15) is 5.75 Å². The van der Waals surface area contributed by atoms with Crippen molar-refractivity contribution in [3.05, 3.63) is 29.3 Å². The molecule has 0 radical (unpaired) electrons. The minimum atomic E-state index is -5.24. The molecule has 0 heterocycles. The number of aromatic hydroxyl groups is 1. The summed E-state index contributed by atoms with van der Waals surface area (Å²) in [5.41, 5.74) is -0.539. The van der Waals surface area contributed by atoms with E-state index in [1.54, 1.807) is 0 Å². The minimum absolute atomic E-state index is 0.264. The van der Waals surface area contributed by atoms with E-state index in [1.165, 1.54) is 5.32 Å². The molecule has 21 heavy (non-hydrogen) atoms. The average molecular weight is 305 g/mol. The van der Waals surface area contributed by atoms with E-state index < -0.39 is 35.6 Å². The predicted molar refractivity (Wildman–Crippen MR) is 62.7 cm³/mol. The van der Waals surface area contributed by atoms with E-state index in [1.807, 2.05) is 0 Å². The van der Waals surface area contributed by atoms with Crippen LogP contribution in [-0.4, -0.2) is 34.0 Å². The average Bonchev–Trinajstić information content (AvgIpc) is 2.34. The Hall–Kier alpha value is -2.58. The van der Waals surface area contributed by atoms with Crippen LogP contribution >= 0.6 is 0 Å². The molecule has 0 spiro atoms. The molecule has 0 fully saturated rings. The smallest absolute Gasteiger partial charge is 0.471 e. The number of Topliss-reactive ketones (excluding diaryl/α,β-unsaturated/α-hetero) is 1. The molecule has 0 aliphatic rings. The lowest BCUT2D eigenvalue weighted by Crippen LogP contribution is -2.41. The van der Waals surface area contributed by atoms with E-state index in [-0.39, 0.29) is 11.1 Å². The molecule has 0 saturated carbocycles. The Bertz CT molecular complexity index is 597. The van der Waals surface area contributed by atoms with Gasteiger partial charge in [-0.1, -0.05) is 6.07 Å². The van der Waals surface area contributed by atoms with Crippen LogP contribution in [0.4, 0.5) is 13.2 Å². The lowest BCUT2D eigenvalue weighted by Gasteiger charge is -2.17. The van der Waals surface area contributed by atoms with Crippen molar-refractivity contribution in [2.45, 2.75) is 19.1 Å². The Morgan fingerprint density at radius 1 is 1.24 bits per heavy atom. The maximum absolute atomic E-state index is 12.2. The molecule has 3 N–H and O–H groups in total. The van der Waals surface area contributed by atoms with E-state index in [2.05, 4.69) is 0 Å². The van der Waals surface area contributed by atoms with Gasteiger partial charge < -0.3 is 15.5 Å². The van der Waals surface area contributed by atoms with Crippen LogP contribution in [0.1, 0.15) is 28.9 Å². The number of phenols is 1. The SMILES string of the molecule is CC(=O)c1cc(C(NC(=O)C(F)(F)F)C(=O)O)ccc1O. The van der Waals surface area contributed by atoms with Crippen molar-refractivity contribution in [3.8, 4) is 5.75 Å². The van der Waals surface area contributed by atoms with Gasteiger partial charge in [-0.3, -0.25) is 9.59 Å². The third kappa shape index (κ3) is 3.94. The number of carboxylic acids is 1. The van der Waals surface area contributed by atoms with Crippen LogP contribution < -0.4 is 5.32 Å². The van der Waals surface area contributed by atoms with Crippen LogP contribution in [0.25, 0.3) is 0 Å². The molecule has 114 valence electrons. The molecule has 6 nitrogen and oxygen atoms in total. The van der Waals surface area contributed by atoms with E-state index in [9.17, 15) is 32.7 Å². The van der Waals surface area contributed by atoms with Gasteiger partial charge in [0.05, 0.1) is 5.56 Å². The Morgan fingerprint density at radius 2 is 1.81 bits per heavy atom. The number of carbonyl (C=O) groups excluding carboxylic acids is 2. The maximum atomic E-state index is 12.2. The summed E-state index contributed by atoms with van der Waals surface area (Å²) >= 11 is 0. The zero-order valence-corrected chi connectivity index (χ0v) is 10.6. The quantitative estimate of drug-likeness (QED) is 0.729. The molecule has 0 bridgehead atoms. The van der Waals surface area contributed by atoms with Crippen molar-refractivity contribution in [1.29, 1.82) is 0 Å². The Kier molecular flexibility index (Phi) is 4.56. The molecule has 1 unspecified atom stereocenters. The van der Waals surface area contributed by atoms with Gasteiger partial charge in [-0.2, -0.15) is 13.2 Å². The summed E-state index contributed by atoms with van der Waals surface area (Å²) in [4.78, 5) is 33.0. The molecule has 1 amide bonds. The lowest BCUT2D eigenvalue weighted by molar-refractivity contribution is -0.175. The highest BCUT2D eigenvalue weighted by Crippen LogP contribution is 2.24. The second-order valence-corrected chi connectivity index (χ2v) is 4.08. The van der Waals surface area contributed by atoms with Crippen LogP contribution in [0.3, 0.4) is 0 Å². The molecule has 1 aromatic carbocycles. The third-order valence-corrected chi connectivity index (χ3v) is 2.51. The van der Waals surface area contributed by atoms with Gasteiger partial charge in [-0.15, -0.1) is 0 Å². The van der Waals surface area contributed by atoms with Crippen LogP contribution in [0.2, 0.25) is 0 Å². The van der Waals surface area contributed by atoms with E-state index in [0.717, 1.165) is 25.1 Å². The standard InChI is InChI=1S/C12H10F3NO5/c1-5(17)7-4-6(2-3-8(7)18)9(10(19)20)16-11(21)12(13,14)15/h2-4,9,18H,1H3,(H,16,21)(H,19,20). The first-order valence-corrected chi connectivity index (χ1v) is 5.48. The predicted octanol–water partition coefficient (Wildman–Crippen LogP) is 1.40. The molecular formula is C12H10F3NO5. The summed E-state index contributed by atoms with van der Waals surface area (Å²) in [6, 6.07) is 0.865. The van der Waals surface area contributed by atoms with Crippen LogP contribution in [-0.2, 0) is 9.59 Å². The van der Waals surface area contributed by atoms with Crippen LogP contribution in [0.15, 0.2) is 18.2 Å². The minimum Gasteiger partial charge on any atom is -0.507 e. The van der Waals surface area contributed by atoms with Gasteiger partial charge in [0.25, 0.3) is 0 Å². The van der Waals surface area contributed by atoms with Gasteiger partial charge in [0.2, 0.25) is 0 Å². The number of nitrogens with one attached hydrogen (secondary N) is 1. The fourth-order valence-corrected chi connectivity index (χ4v) is 1.52. The van der Waals surface area contributed by atoms with Crippen molar-refractivity contribution >= 4 is 17.7 Å².